The summed E-state index contributed by atoms with van der Waals surface area (Å²) in [6.07, 6.45) is 5.37. The average molecular weight is 254 g/mol. The number of amides is 1. The van der Waals surface area contributed by atoms with Gasteiger partial charge in [0.2, 0.25) is 5.91 Å². The van der Waals surface area contributed by atoms with Crippen molar-refractivity contribution in [1.29, 1.82) is 0 Å². The van der Waals surface area contributed by atoms with Crippen LogP contribution in [0.2, 0.25) is 0 Å². The number of nitrogens with one attached hydrogen (secondary N) is 1. The van der Waals surface area contributed by atoms with Gasteiger partial charge in [0, 0.05) is 32.1 Å². The minimum Gasteiger partial charge on any atom is -0.393 e. The molecule has 0 bridgehead atoms. The van der Waals surface area contributed by atoms with Gasteiger partial charge in [-0.25, -0.2) is 0 Å². The van der Waals surface area contributed by atoms with Crippen LogP contribution in [0.3, 0.4) is 0 Å². The van der Waals surface area contributed by atoms with Gasteiger partial charge in [-0.15, -0.1) is 0 Å². The maximum Gasteiger partial charge on any atom is 0.217 e. The zero-order valence-electron chi connectivity index (χ0n) is 11.6. The highest BCUT2D eigenvalue weighted by Gasteiger charge is 2.36. The van der Waals surface area contributed by atoms with Crippen molar-refractivity contribution in [3.05, 3.63) is 0 Å². The summed E-state index contributed by atoms with van der Waals surface area (Å²) < 4.78 is 0. The molecule has 0 radical (unpaired) electrons. The van der Waals surface area contributed by atoms with Crippen LogP contribution in [0.5, 0.6) is 0 Å². The van der Waals surface area contributed by atoms with E-state index in [1.54, 1.807) is 6.92 Å². The number of carbonyl (C=O) groups is 1. The van der Waals surface area contributed by atoms with E-state index in [1.165, 1.54) is 19.3 Å². The number of aliphatic hydroxyl groups is 1. The Morgan fingerprint density at radius 3 is 2.67 bits per heavy atom. The van der Waals surface area contributed by atoms with E-state index < -0.39 is 0 Å². The van der Waals surface area contributed by atoms with Crippen molar-refractivity contribution in [2.45, 2.75) is 64.1 Å². The molecule has 0 aromatic rings. The molecule has 3 atom stereocenters. The van der Waals surface area contributed by atoms with Gasteiger partial charge in [0.05, 0.1) is 6.10 Å². The van der Waals surface area contributed by atoms with Crippen LogP contribution in [0.4, 0.5) is 0 Å². The number of hydrogen-bond acceptors (Lipinski definition) is 3. The molecule has 0 aromatic carbocycles. The third-order valence-electron chi connectivity index (χ3n) is 4.47. The fourth-order valence-electron chi connectivity index (χ4n) is 3.23. The molecule has 0 aromatic heterocycles. The maximum absolute atomic E-state index is 11.2. The molecule has 4 nitrogen and oxygen atoms in total. The van der Waals surface area contributed by atoms with Crippen LogP contribution in [-0.4, -0.2) is 47.2 Å². The molecule has 1 saturated carbocycles. The molecule has 4 heteroatoms. The van der Waals surface area contributed by atoms with Crippen LogP contribution in [0, 0.1) is 5.92 Å². The number of nitrogens with zero attached hydrogens (tertiary/aromatic N) is 1. The molecule has 1 heterocycles. The summed E-state index contributed by atoms with van der Waals surface area (Å²) >= 11 is 0. The molecule has 104 valence electrons. The van der Waals surface area contributed by atoms with E-state index in [2.05, 4.69) is 10.2 Å². The summed E-state index contributed by atoms with van der Waals surface area (Å²) in [5.74, 6) is 0.349. The lowest BCUT2D eigenvalue weighted by molar-refractivity contribution is -0.120. The first-order valence-electron chi connectivity index (χ1n) is 7.29. The highest BCUT2D eigenvalue weighted by atomic mass is 16.3. The van der Waals surface area contributed by atoms with E-state index in [0.29, 0.717) is 12.0 Å². The Kier molecular flexibility index (Phi) is 4.62. The van der Waals surface area contributed by atoms with Crippen molar-refractivity contribution in [1.82, 2.24) is 10.2 Å². The van der Waals surface area contributed by atoms with Gasteiger partial charge in [0.1, 0.15) is 0 Å². The summed E-state index contributed by atoms with van der Waals surface area (Å²) in [7, 11) is 0. The summed E-state index contributed by atoms with van der Waals surface area (Å²) in [5.41, 5.74) is 0. The molecular weight excluding hydrogens is 228 g/mol. The zero-order valence-corrected chi connectivity index (χ0v) is 11.6. The normalized spacial score (nSPS) is 31.7. The largest absolute Gasteiger partial charge is 0.393 e. The number of piperidine rings is 1. The number of likely N-dealkylation sites (tertiary alicyclic amines) is 1. The Balaban J connectivity index is 1.97. The van der Waals surface area contributed by atoms with Gasteiger partial charge in [0.25, 0.3) is 0 Å². The first kappa shape index (κ1) is 13.8. The maximum atomic E-state index is 11.2. The van der Waals surface area contributed by atoms with Gasteiger partial charge in [-0.1, -0.05) is 13.3 Å². The first-order valence-corrected chi connectivity index (χ1v) is 7.29. The van der Waals surface area contributed by atoms with Crippen LogP contribution in [0.25, 0.3) is 0 Å². The summed E-state index contributed by atoms with van der Waals surface area (Å²) in [6.45, 7) is 5.56. The van der Waals surface area contributed by atoms with Crippen molar-refractivity contribution in [2.24, 2.45) is 5.92 Å². The second-order valence-corrected chi connectivity index (χ2v) is 5.91. The van der Waals surface area contributed by atoms with E-state index >= 15 is 0 Å². The Morgan fingerprint density at radius 1 is 1.44 bits per heavy atom. The molecule has 2 aliphatic rings. The van der Waals surface area contributed by atoms with Crippen molar-refractivity contribution >= 4 is 5.91 Å². The van der Waals surface area contributed by atoms with Crippen LogP contribution in [-0.2, 0) is 4.79 Å². The van der Waals surface area contributed by atoms with Gasteiger partial charge in [-0.05, 0) is 31.6 Å². The predicted molar refractivity (Wildman–Crippen MR) is 71.2 cm³/mol. The molecule has 0 spiro atoms. The molecule has 1 aliphatic heterocycles. The van der Waals surface area contributed by atoms with E-state index in [-0.39, 0.29) is 18.1 Å². The summed E-state index contributed by atoms with van der Waals surface area (Å²) in [4.78, 5) is 13.7. The third-order valence-corrected chi connectivity index (χ3v) is 4.47. The van der Waals surface area contributed by atoms with E-state index in [0.717, 1.165) is 25.9 Å². The van der Waals surface area contributed by atoms with Gasteiger partial charge in [0.15, 0.2) is 0 Å². The number of carbonyl (C=O) groups excluding carboxylic acids is 1. The lowest BCUT2D eigenvalue weighted by atomic mass is 9.84. The Hall–Kier alpha value is -0.610. The molecule has 1 aliphatic carbocycles. The van der Waals surface area contributed by atoms with Gasteiger partial charge >= 0.3 is 0 Å². The minimum absolute atomic E-state index is 0.0418. The topological polar surface area (TPSA) is 52.6 Å². The smallest absolute Gasteiger partial charge is 0.217 e. The zero-order chi connectivity index (χ0) is 13.1. The second kappa shape index (κ2) is 6.02. The lowest BCUT2D eigenvalue weighted by Gasteiger charge is -2.46. The van der Waals surface area contributed by atoms with E-state index in [1.807, 2.05) is 6.92 Å². The molecular formula is C14H26N2O2. The molecule has 2 rings (SSSR count). The molecule has 2 fully saturated rings. The Labute approximate surface area is 110 Å². The molecule has 1 saturated heterocycles. The van der Waals surface area contributed by atoms with Gasteiger partial charge in [-0.2, -0.15) is 0 Å². The van der Waals surface area contributed by atoms with E-state index in [9.17, 15) is 9.90 Å². The SMILES string of the molecule is CCC(O)C1CC(NC(C)=O)CN(C2CCC2)C1. The van der Waals surface area contributed by atoms with Crippen molar-refractivity contribution < 1.29 is 9.90 Å². The first-order chi connectivity index (χ1) is 8.60. The second-order valence-electron chi connectivity index (χ2n) is 5.91. The van der Waals surface area contributed by atoms with Crippen molar-refractivity contribution in [2.75, 3.05) is 13.1 Å². The van der Waals surface area contributed by atoms with Crippen LogP contribution in [0.1, 0.15) is 46.0 Å². The van der Waals surface area contributed by atoms with Crippen molar-refractivity contribution in [3.8, 4) is 0 Å². The third kappa shape index (κ3) is 3.23. The van der Waals surface area contributed by atoms with Gasteiger partial charge < -0.3 is 10.4 Å². The number of aliphatic hydroxyl groups excluding tert-OH is 1. The standard InChI is InChI=1S/C14H26N2O2/c1-3-14(18)11-7-12(15-10(2)17)9-16(8-11)13-5-4-6-13/h11-14,18H,3-9H2,1-2H3,(H,15,17). The number of hydrogen-bond donors (Lipinski definition) is 2. The fourth-order valence-corrected chi connectivity index (χ4v) is 3.23. The van der Waals surface area contributed by atoms with Crippen LogP contribution in [0.15, 0.2) is 0 Å². The predicted octanol–water partition coefficient (Wildman–Crippen LogP) is 1.14. The highest BCUT2D eigenvalue weighted by molar-refractivity contribution is 5.73. The lowest BCUT2D eigenvalue weighted by Crippen LogP contribution is -2.56. The van der Waals surface area contributed by atoms with Crippen LogP contribution < -0.4 is 5.32 Å². The van der Waals surface area contributed by atoms with Crippen molar-refractivity contribution in [3.63, 3.8) is 0 Å². The number of rotatable bonds is 4. The minimum atomic E-state index is -0.232. The Bertz CT molecular complexity index is 279. The monoisotopic (exact) mass is 254 g/mol. The average Bonchev–Trinajstić information content (AvgIpc) is 2.24. The molecule has 1 amide bonds. The summed E-state index contributed by atoms with van der Waals surface area (Å²) in [6, 6.07) is 0.899. The van der Waals surface area contributed by atoms with E-state index in [4.69, 9.17) is 0 Å². The summed E-state index contributed by atoms with van der Waals surface area (Å²) in [5, 5.41) is 13.1. The molecule has 2 N–H and O–H groups in total. The molecule has 18 heavy (non-hydrogen) atoms. The Morgan fingerprint density at radius 2 is 2.17 bits per heavy atom. The molecule has 3 unspecified atom stereocenters. The van der Waals surface area contributed by atoms with Gasteiger partial charge in [-0.3, -0.25) is 9.69 Å². The fraction of sp³-hybridized carbons (Fsp3) is 0.929. The highest BCUT2D eigenvalue weighted by Crippen LogP contribution is 2.30. The quantitative estimate of drug-likeness (QED) is 0.791. The van der Waals surface area contributed by atoms with Crippen LogP contribution >= 0.6 is 0 Å².